The van der Waals surface area contributed by atoms with Gasteiger partial charge >= 0.3 is 6.09 Å². The number of ether oxygens (including phenoxy) is 2. The third-order valence-corrected chi connectivity index (χ3v) is 6.83. The molecule has 10 nitrogen and oxygen atoms in total. The first kappa shape index (κ1) is 21.5. The van der Waals surface area contributed by atoms with Crippen LogP contribution in [0.5, 0.6) is 0 Å². The quantitative estimate of drug-likeness (QED) is 0.707. The Kier molecular flexibility index (Phi) is 5.82. The van der Waals surface area contributed by atoms with E-state index in [-0.39, 0.29) is 24.2 Å². The number of aromatic nitrogens is 4. The number of fused-ring (bicyclic) bond motifs is 2. The Morgan fingerprint density at radius 3 is 2.67 bits per heavy atom. The van der Waals surface area contributed by atoms with Gasteiger partial charge in [-0.15, -0.1) is 0 Å². The molecule has 2 bridgehead atoms. The number of aryl methyl sites for hydroxylation is 1. The summed E-state index contributed by atoms with van der Waals surface area (Å²) in [5.41, 5.74) is 1.72. The third-order valence-electron chi connectivity index (χ3n) is 6.83. The molecular weight excluding hydrogens is 422 g/mol. The van der Waals surface area contributed by atoms with Crippen LogP contribution in [0.2, 0.25) is 0 Å². The summed E-state index contributed by atoms with van der Waals surface area (Å²) in [6, 6.07) is 4.43. The van der Waals surface area contributed by atoms with Crippen molar-refractivity contribution in [2.24, 2.45) is 0 Å². The van der Waals surface area contributed by atoms with E-state index in [2.05, 4.69) is 26.5 Å². The third kappa shape index (κ3) is 4.34. The van der Waals surface area contributed by atoms with E-state index in [1.807, 2.05) is 31.0 Å². The number of hydrogen-bond donors (Lipinski definition) is 2. The number of amides is 1. The van der Waals surface area contributed by atoms with E-state index in [1.54, 1.807) is 0 Å². The molecule has 5 rings (SSSR count). The number of nitrogens with one attached hydrogen (secondary N) is 2. The normalized spacial score (nSPS) is 24.2. The molecule has 3 aliphatic rings. The minimum Gasteiger partial charge on any atom is -0.491 e. The Morgan fingerprint density at radius 1 is 1.24 bits per heavy atom. The van der Waals surface area contributed by atoms with Gasteiger partial charge in [-0.05, 0) is 45.1 Å². The molecule has 2 aromatic heterocycles. The number of aromatic amines is 1. The summed E-state index contributed by atoms with van der Waals surface area (Å²) in [4.78, 5) is 26.1. The summed E-state index contributed by atoms with van der Waals surface area (Å²) in [5.74, 6) is 2.78. The summed E-state index contributed by atoms with van der Waals surface area (Å²) in [7, 11) is 3.50. The number of rotatable bonds is 5. The second kappa shape index (κ2) is 8.92. The molecule has 1 unspecified atom stereocenters. The first-order valence-electron chi connectivity index (χ1n) is 11.6. The predicted molar refractivity (Wildman–Crippen MR) is 124 cm³/mol. The maximum Gasteiger partial charge on any atom is 0.409 e. The number of H-pyrrole nitrogens is 1. The lowest BCUT2D eigenvalue weighted by molar-refractivity contribution is 0.0260. The van der Waals surface area contributed by atoms with Gasteiger partial charge in [0.1, 0.15) is 17.3 Å². The van der Waals surface area contributed by atoms with Crippen molar-refractivity contribution in [1.82, 2.24) is 25.1 Å². The van der Waals surface area contributed by atoms with Crippen LogP contribution in [0.4, 0.5) is 22.4 Å². The van der Waals surface area contributed by atoms with Crippen LogP contribution in [0.15, 0.2) is 18.2 Å². The van der Waals surface area contributed by atoms with Gasteiger partial charge in [-0.2, -0.15) is 10.1 Å². The van der Waals surface area contributed by atoms with Crippen molar-refractivity contribution in [1.29, 1.82) is 0 Å². The molecule has 1 amide bonds. The Morgan fingerprint density at radius 2 is 2.03 bits per heavy atom. The van der Waals surface area contributed by atoms with E-state index in [1.165, 1.54) is 7.11 Å². The van der Waals surface area contributed by atoms with E-state index in [4.69, 9.17) is 19.4 Å². The van der Waals surface area contributed by atoms with Gasteiger partial charge in [0.05, 0.1) is 13.7 Å². The molecule has 2 saturated heterocycles. The van der Waals surface area contributed by atoms with Crippen molar-refractivity contribution < 1.29 is 14.3 Å². The lowest BCUT2D eigenvalue weighted by Gasteiger charge is -2.49. The largest absolute Gasteiger partial charge is 0.491 e. The molecule has 10 heteroatoms. The number of carbonyl (C=O) groups excluding carboxylic acids is 1. The maximum absolute atomic E-state index is 12.4. The Hall–Kier alpha value is -3.30. The molecule has 33 heavy (non-hydrogen) atoms. The van der Waals surface area contributed by atoms with Crippen molar-refractivity contribution in [3.8, 4) is 0 Å². The lowest BCUT2D eigenvalue weighted by atomic mass is 9.81. The molecule has 0 saturated carbocycles. The Labute approximate surface area is 193 Å². The van der Waals surface area contributed by atoms with Crippen LogP contribution in [-0.2, 0) is 9.47 Å². The number of carbonyl (C=O) groups is 1. The van der Waals surface area contributed by atoms with Crippen molar-refractivity contribution in [2.45, 2.75) is 63.6 Å². The standard InChI is InChI=1S/C23H31N7O3/c1-14-10-21(28-27-14)25-20-13-18(19-8-5-9-33-19)24-22(26-20)29(2)17-11-15-6-4-7-16(12-17)30(15)23(31)32-3/h8,10,13,15-17H,4-7,9,11-12H2,1-3H3,(H2,24,25,26,27,28)/t15-,16+,17?. The maximum atomic E-state index is 12.4. The zero-order chi connectivity index (χ0) is 22.9. The summed E-state index contributed by atoms with van der Waals surface area (Å²) in [5, 5.41) is 10.5. The van der Waals surface area contributed by atoms with E-state index in [9.17, 15) is 4.79 Å². The van der Waals surface area contributed by atoms with Crippen molar-refractivity contribution in [3.63, 3.8) is 0 Å². The molecule has 3 aliphatic heterocycles. The average Bonchev–Trinajstić information content (AvgIpc) is 3.49. The Bertz CT molecular complexity index is 1040. The van der Waals surface area contributed by atoms with Crippen LogP contribution in [0.3, 0.4) is 0 Å². The second-order valence-corrected chi connectivity index (χ2v) is 9.06. The molecule has 2 aromatic rings. The van der Waals surface area contributed by atoms with Crippen LogP contribution in [0.25, 0.3) is 5.76 Å². The van der Waals surface area contributed by atoms with Crippen LogP contribution < -0.4 is 10.2 Å². The van der Waals surface area contributed by atoms with Gasteiger partial charge in [-0.1, -0.05) is 0 Å². The minimum atomic E-state index is -0.213. The van der Waals surface area contributed by atoms with Crippen LogP contribution in [-0.4, -0.2) is 70.0 Å². The number of methoxy groups -OCH3 is 1. The fourth-order valence-corrected chi connectivity index (χ4v) is 5.23. The summed E-state index contributed by atoms with van der Waals surface area (Å²) in [6.07, 6.45) is 7.62. The van der Waals surface area contributed by atoms with E-state index >= 15 is 0 Å². The lowest BCUT2D eigenvalue weighted by Crippen LogP contribution is -2.58. The first-order chi connectivity index (χ1) is 16.0. The first-order valence-corrected chi connectivity index (χ1v) is 11.6. The van der Waals surface area contributed by atoms with Crippen LogP contribution in [0.1, 0.15) is 49.9 Å². The Balaban J connectivity index is 1.42. The molecule has 2 N–H and O–H groups in total. The second-order valence-electron chi connectivity index (χ2n) is 9.06. The molecule has 5 heterocycles. The van der Waals surface area contributed by atoms with Gasteiger partial charge in [-0.3, -0.25) is 5.10 Å². The highest BCUT2D eigenvalue weighted by atomic mass is 16.5. The van der Waals surface area contributed by atoms with Gasteiger partial charge in [0.2, 0.25) is 5.95 Å². The number of piperidine rings is 2. The zero-order valence-corrected chi connectivity index (χ0v) is 19.4. The topological polar surface area (TPSA) is 109 Å². The van der Waals surface area contributed by atoms with Crippen molar-refractivity contribution in [3.05, 3.63) is 29.6 Å². The number of hydrogen-bond acceptors (Lipinski definition) is 8. The van der Waals surface area contributed by atoms with Gasteiger partial charge in [0, 0.05) is 49.4 Å². The van der Waals surface area contributed by atoms with Crippen molar-refractivity contribution in [2.75, 3.05) is 31.0 Å². The van der Waals surface area contributed by atoms with Gasteiger partial charge in [-0.25, -0.2) is 9.78 Å². The molecule has 2 fully saturated rings. The highest BCUT2D eigenvalue weighted by Crippen LogP contribution is 2.37. The number of anilines is 3. The van der Waals surface area contributed by atoms with Gasteiger partial charge in [0.15, 0.2) is 5.82 Å². The van der Waals surface area contributed by atoms with E-state index in [0.717, 1.165) is 55.7 Å². The molecule has 0 radical (unpaired) electrons. The zero-order valence-electron chi connectivity index (χ0n) is 19.4. The molecular formula is C23H31N7O3. The summed E-state index contributed by atoms with van der Waals surface area (Å²) < 4.78 is 10.9. The van der Waals surface area contributed by atoms with Crippen LogP contribution >= 0.6 is 0 Å². The monoisotopic (exact) mass is 453 g/mol. The molecule has 0 aliphatic carbocycles. The van der Waals surface area contributed by atoms with E-state index < -0.39 is 0 Å². The predicted octanol–water partition coefficient (Wildman–Crippen LogP) is 3.60. The SMILES string of the molecule is COC(=O)N1[C@@H]2CCC[C@H]1CC(N(C)c1nc(Nc3cc(C)[nH]n3)cc(C3=CCCO3)n1)C2. The highest BCUT2D eigenvalue weighted by Gasteiger charge is 2.43. The number of nitrogens with zero attached hydrogens (tertiary/aromatic N) is 5. The van der Waals surface area contributed by atoms with Gasteiger partial charge < -0.3 is 24.6 Å². The fraction of sp³-hybridized carbons (Fsp3) is 0.565. The smallest absolute Gasteiger partial charge is 0.409 e. The van der Waals surface area contributed by atoms with E-state index in [0.29, 0.717) is 24.2 Å². The van der Waals surface area contributed by atoms with Gasteiger partial charge in [0.25, 0.3) is 0 Å². The summed E-state index contributed by atoms with van der Waals surface area (Å²) >= 11 is 0. The average molecular weight is 454 g/mol. The highest BCUT2D eigenvalue weighted by molar-refractivity contribution is 5.69. The van der Waals surface area contributed by atoms with Crippen LogP contribution in [0, 0.1) is 6.92 Å². The summed E-state index contributed by atoms with van der Waals surface area (Å²) in [6.45, 7) is 2.62. The molecule has 0 aromatic carbocycles. The molecule has 3 atom stereocenters. The fourth-order valence-electron chi connectivity index (χ4n) is 5.23. The molecule has 0 spiro atoms. The molecule has 176 valence electrons. The minimum absolute atomic E-state index is 0.186. The van der Waals surface area contributed by atoms with Crippen molar-refractivity contribution >= 4 is 29.4 Å².